The number of hydrogen-bond donors (Lipinski definition) is 0. The van der Waals surface area contributed by atoms with Gasteiger partial charge >= 0.3 is 0 Å². The zero-order chi connectivity index (χ0) is 17.6. The molecule has 0 saturated carbocycles. The van der Waals surface area contributed by atoms with Crippen LogP contribution in [0.25, 0.3) is 12.2 Å². The molecule has 128 valence electrons. The van der Waals surface area contributed by atoms with Gasteiger partial charge < -0.3 is 0 Å². The Kier molecular flexibility index (Phi) is 3.95. The molecule has 0 N–H and O–H groups in total. The predicted octanol–water partition coefficient (Wildman–Crippen LogP) is 6.52. The van der Waals surface area contributed by atoms with Gasteiger partial charge in [0.1, 0.15) is 0 Å². The molecule has 0 bridgehead atoms. The summed E-state index contributed by atoms with van der Waals surface area (Å²) in [5.41, 5.74) is 12.2. The first-order valence-electron chi connectivity index (χ1n) is 9.51. The van der Waals surface area contributed by atoms with E-state index in [2.05, 4.69) is 76.2 Å². The molecule has 0 aliphatic heterocycles. The summed E-state index contributed by atoms with van der Waals surface area (Å²) >= 11 is 0. The number of hydrogen-bond acceptors (Lipinski definition) is 0. The van der Waals surface area contributed by atoms with Crippen molar-refractivity contribution >= 4 is 12.2 Å². The van der Waals surface area contributed by atoms with E-state index >= 15 is 0 Å². The molecule has 0 amide bonds. The second kappa shape index (κ2) is 6.02. The van der Waals surface area contributed by atoms with Crippen molar-refractivity contribution in [1.29, 1.82) is 0 Å². The van der Waals surface area contributed by atoms with Gasteiger partial charge in [0.15, 0.2) is 0 Å². The Labute approximate surface area is 152 Å². The first kappa shape index (κ1) is 16.4. The first-order chi connectivity index (χ1) is 11.9. The number of allylic oxidation sites excluding steroid dienone is 2. The quantitative estimate of drug-likeness (QED) is 0.602. The van der Waals surface area contributed by atoms with Gasteiger partial charge in [-0.1, -0.05) is 80.5 Å². The highest BCUT2D eigenvalue weighted by Crippen LogP contribution is 2.35. The SMILES string of the molecule is CC1=Cc2c(CCC3=Cc4ccccc4C3)cc(C(C)(C)C)cc2C1. The fraction of sp³-hybridized carbons (Fsp3) is 0.360. The van der Waals surface area contributed by atoms with Crippen molar-refractivity contribution < 1.29 is 0 Å². The van der Waals surface area contributed by atoms with Gasteiger partial charge in [0, 0.05) is 0 Å². The van der Waals surface area contributed by atoms with Crippen LogP contribution in [0.3, 0.4) is 0 Å². The van der Waals surface area contributed by atoms with Crippen LogP contribution in [0.2, 0.25) is 0 Å². The van der Waals surface area contributed by atoms with Crippen LogP contribution in [0, 0.1) is 0 Å². The standard InChI is InChI=1S/C25H28/c1-17-11-22-16-23(25(2,3)4)15-21(24(22)12-17)10-9-18-13-19-7-5-6-8-20(19)14-18/h5-8,12-13,15-16H,9-11,14H2,1-4H3. The topological polar surface area (TPSA) is 0 Å². The smallest absolute Gasteiger partial charge is 0.00577 e. The van der Waals surface area contributed by atoms with Gasteiger partial charge in [-0.15, -0.1) is 0 Å². The van der Waals surface area contributed by atoms with E-state index in [1.165, 1.54) is 45.4 Å². The number of aryl methyl sites for hydroxylation is 1. The lowest BCUT2D eigenvalue weighted by Crippen LogP contribution is -2.13. The maximum atomic E-state index is 2.47. The molecule has 0 unspecified atom stereocenters. The fourth-order valence-corrected chi connectivity index (χ4v) is 4.16. The average molecular weight is 328 g/mol. The van der Waals surface area contributed by atoms with E-state index in [1.807, 2.05) is 0 Å². The Bertz CT molecular complexity index is 885. The molecule has 0 spiro atoms. The molecule has 2 aliphatic rings. The van der Waals surface area contributed by atoms with E-state index in [0.29, 0.717) is 0 Å². The minimum atomic E-state index is 0.211. The van der Waals surface area contributed by atoms with Crippen LogP contribution in [0.15, 0.2) is 47.5 Å². The fourth-order valence-electron chi connectivity index (χ4n) is 4.16. The summed E-state index contributed by atoms with van der Waals surface area (Å²) in [6, 6.07) is 13.7. The molecule has 0 aromatic heterocycles. The summed E-state index contributed by atoms with van der Waals surface area (Å²) < 4.78 is 0. The molecular formula is C25H28. The van der Waals surface area contributed by atoms with E-state index in [0.717, 1.165) is 19.3 Å². The van der Waals surface area contributed by atoms with Crippen LogP contribution in [-0.4, -0.2) is 0 Å². The summed E-state index contributed by atoms with van der Waals surface area (Å²) in [6.07, 6.45) is 9.39. The highest BCUT2D eigenvalue weighted by Gasteiger charge is 2.21. The Morgan fingerprint density at radius 2 is 1.68 bits per heavy atom. The van der Waals surface area contributed by atoms with Crippen LogP contribution in [-0.2, 0) is 24.7 Å². The Hall–Kier alpha value is -2.08. The van der Waals surface area contributed by atoms with E-state index in [1.54, 1.807) is 5.57 Å². The molecule has 0 fully saturated rings. The normalized spacial score (nSPS) is 15.7. The van der Waals surface area contributed by atoms with E-state index in [9.17, 15) is 0 Å². The third-order valence-electron chi connectivity index (χ3n) is 5.63. The molecule has 2 aliphatic carbocycles. The van der Waals surface area contributed by atoms with Gasteiger partial charge in [0.05, 0.1) is 0 Å². The number of fused-ring (bicyclic) bond motifs is 2. The summed E-state index contributed by atoms with van der Waals surface area (Å²) in [5, 5.41) is 0. The zero-order valence-electron chi connectivity index (χ0n) is 15.9. The Balaban J connectivity index is 1.60. The number of benzene rings is 2. The van der Waals surface area contributed by atoms with Gasteiger partial charge in [0.2, 0.25) is 0 Å². The van der Waals surface area contributed by atoms with Crippen molar-refractivity contribution in [2.24, 2.45) is 0 Å². The lowest BCUT2D eigenvalue weighted by Gasteiger charge is -2.22. The van der Waals surface area contributed by atoms with Crippen molar-refractivity contribution in [3.8, 4) is 0 Å². The largest absolute Gasteiger partial charge is 0.0683 e. The van der Waals surface area contributed by atoms with Crippen molar-refractivity contribution in [2.75, 3.05) is 0 Å². The van der Waals surface area contributed by atoms with Crippen molar-refractivity contribution in [2.45, 2.75) is 58.8 Å². The minimum absolute atomic E-state index is 0.211. The first-order valence-corrected chi connectivity index (χ1v) is 9.51. The molecule has 25 heavy (non-hydrogen) atoms. The van der Waals surface area contributed by atoms with Crippen LogP contribution in [0.1, 0.15) is 67.5 Å². The summed E-state index contributed by atoms with van der Waals surface area (Å²) in [5.74, 6) is 0. The molecule has 2 aromatic rings. The monoisotopic (exact) mass is 328 g/mol. The van der Waals surface area contributed by atoms with E-state index in [4.69, 9.17) is 0 Å². The summed E-state index contributed by atoms with van der Waals surface area (Å²) in [4.78, 5) is 0. The second-order valence-electron chi connectivity index (χ2n) is 8.80. The molecule has 0 heteroatoms. The van der Waals surface area contributed by atoms with Crippen LogP contribution in [0.4, 0.5) is 0 Å². The van der Waals surface area contributed by atoms with Gasteiger partial charge in [0.25, 0.3) is 0 Å². The van der Waals surface area contributed by atoms with Crippen molar-refractivity contribution in [3.05, 3.63) is 80.9 Å². The predicted molar refractivity (Wildman–Crippen MR) is 109 cm³/mol. The van der Waals surface area contributed by atoms with Crippen molar-refractivity contribution in [3.63, 3.8) is 0 Å². The molecular weight excluding hydrogens is 300 g/mol. The molecule has 0 atom stereocenters. The lowest BCUT2D eigenvalue weighted by atomic mass is 9.83. The van der Waals surface area contributed by atoms with Crippen molar-refractivity contribution in [1.82, 2.24) is 0 Å². The number of rotatable bonds is 3. The van der Waals surface area contributed by atoms with Gasteiger partial charge in [-0.05, 0) is 71.4 Å². The molecule has 0 heterocycles. The zero-order valence-corrected chi connectivity index (χ0v) is 15.9. The van der Waals surface area contributed by atoms with Gasteiger partial charge in [-0.3, -0.25) is 0 Å². The minimum Gasteiger partial charge on any atom is -0.0683 e. The molecule has 0 nitrogen and oxygen atoms in total. The Morgan fingerprint density at radius 1 is 0.880 bits per heavy atom. The highest BCUT2D eigenvalue weighted by atomic mass is 14.3. The maximum Gasteiger partial charge on any atom is -0.00577 e. The second-order valence-corrected chi connectivity index (χ2v) is 8.80. The van der Waals surface area contributed by atoms with Gasteiger partial charge in [-0.25, -0.2) is 0 Å². The Morgan fingerprint density at radius 3 is 2.44 bits per heavy atom. The molecule has 0 saturated heterocycles. The third-order valence-corrected chi connectivity index (χ3v) is 5.63. The van der Waals surface area contributed by atoms with E-state index < -0.39 is 0 Å². The lowest BCUT2D eigenvalue weighted by molar-refractivity contribution is 0.588. The maximum absolute atomic E-state index is 2.47. The average Bonchev–Trinajstić information content (AvgIpc) is 3.13. The van der Waals surface area contributed by atoms with Crippen LogP contribution < -0.4 is 0 Å². The summed E-state index contributed by atoms with van der Waals surface area (Å²) in [6.45, 7) is 9.23. The molecule has 2 aromatic carbocycles. The molecule has 0 radical (unpaired) electrons. The van der Waals surface area contributed by atoms with Gasteiger partial charge in [-0.2, -0.15) is 0 Å². The van der Waals surface area contributed by atoms with Crippen LogP contribution >= 0.6 is 0 Å². The highest BCUT2D eigenvalue weighted by molar-refractivity contribution is 5.68. The molecule has 4 rings (SSSR count). The van der Waals surface area contributed by atoms with E-state index in [-0.39, 0.29) is 5.41 Å². The van der Waals surface area contributed by atoms with Crippen LogP contribution in [0.5, 0.6) is 0 Å². The summed E-state index contributed by atoms with van der Waals surface area (Å²) in [7, 11) is 0. The third kappa shape index (κ3) is 3.23.